The van der Waals surface area contributed by atoms with Gasteiger partial charge in [-0.2, -0.15) is 0 Å². The topological polar surface area (TPSA) is 58.6 Å². The van der Waals surface area contributed by atoms with Gasteiger partial charge < -0.3 is 14.1 Å². The molecule has 0 aliphatic rings. The highest BCUT2D eigenvalue weighted by atomic mass is 32.2. The van der Waals surface area contributed by atoms with Gasteiger partial charge in [0.25, 0.3) is 0 Å². The molecule has 0 radical (unpaired) electrons. The van der Waals surface area contributed by atoms with Crippen LogP contribution in [0.1, 0.15) is 13.3 Å². The molecule has 0 aliphatic heterocycles. The fourth-order valence-corrected chi connectivity index (χ4v) is 1.91. The van der Waals surface area contributed by atoms with Gasteiger partial charge in [0.15, 0.2) is 0 Å². The summed E-state index contributed by atoms with van der Waals surface area (Å²) in [7, 11) is 0. The molecule has 0 aromatic carbocycles. The second-order valence-electron chi connectivity index (χ2n) is 2.19. The van der Waals surface area contributed by atoms with Crippen molar-refractivity contribution in [1.29, 1.82) is 0 Å². The number of hydrogen-bond donors (Lipinski definition) is 2. The molecule has 0 aliphatic carbocycles. The highest BCUT2D eigenvalue weighted by Crippen LogP contribution is 2.07. The maximum Gasteiger partial charge on any atom is 0.420 e. The average molecular weight is 257 g/mol. The first-order valence-electron chi connectivity index (χ1n) is 4.22. The molecule has 2 N–H and O–H groups in total. The molecule has 14 heavy (non-hydrogen) atoms. The van der Waals surface area contributed by atoms with Crippen molar-refractivity contribution in [2.24, 2.45) is 0 Å². The molecule has 0 spiro atoms. The van der Waals surface area contributed by atoms with Gasteiger partial charge in [0, 0.05) is 11.5 Å². The van der Waals surface area contributed by atoms with Crippen molar-refractivity contribution < 1.29 is 13.5 Å². The third-order valence-corrected chi connectivity index (χ3v) is 3.07. The maximum atomic E-state index is 10.9. The fourth-order valence-electron chi connectivity index (χ4n) is 0.519. The summed E-state index contributed by atoms with van der Waals surface area (Å²) in [5.74, 6) is 2.94. The Bertz CT molecular complexity index is 148. The lowest BCUT2D eigenvalue weighted by Gasteiger charge is -2.03. The van der Waals surface area contributed by atoms with Crippen molar-refractivity contribution in [3.63, 3.8) is 0 Å². The molecule has 0 heterocycles. The summed E-state index contributed by atoms with van der Waals surface area (Å²) >= 11 is 3.54. The fraction of sp³-hybridized carbons (Fsp3) is 0.857. The van der Waals surface area contributed by atoms with E-state index in [4.69, 9.17) is 8.74 Å². The summed E-state index contributed by atoms with van der Waals surface area (Å²) in [4.78, 5) is 10.9. The number of amides is 1. The van der Waals surface area contributed by atoms with E-state index in [1.54, 1.807) is 11.8 Å². The summed E-state index contributed by atoms with van der Waals surface area (Å²) in [6.07, 6.45) is 0.427. The summed E-state index contributed by atoms with van der Waals surface area (Å²) in [6.45, 7) is 2.03. The smallest absolute Gasteiger partial charge is 0.375 e. The van der Waals surface area contributed by atoms with Crippen LogP contribution in [-0.4, -0.2) is 33.8 Å². The largest absolute Gasteiger partial charge is 0.420 e. The molecule has 0 fully saturated rings. The van der Waals surface area contributed by atoms with Gasteiger partial charge in [-0.15, -0.1) is 11.8 Å². The van der Waals surface area contributed by atoms with Crippen LogP contribution in [0.25, 0.3) is 0 Å². The van der Waals surface area contributed by atoms with Gasteiger partial charge in [-0.1, -0.05) is 6.92 Å². The molecule has 0 unspecified atom stereocenters. The van der Waals surface area contributed by atoms with Crippen LogP contribution in [0.2, 0.25) is 0 Å². The second-order valence-corrected chi connectivity index (χ2v) is 4.94. The molecule has 4 nitrogen and oxygen atoms in total. The molecule has 84 valence electrons. The molecule has 7 heteroatoms. The Morgan fingerprint density at radius 2 is 2.29 bits per heavy atom. The Hall–Kier alpha value is 0.280. The summed E-state index contributed by atoms with van der Waals surface area (Å²) in [6, 6.07) is 0. The number of thioether (sulfide) groups is 1. The van der Waals surface area contributed by atoms with Crippen LogP contribution in [0, 0.1) is 0 Å². The molecule has 0 saturated carbocycles. The van der Waals surface area contributed by atoms with Crippen molar-refractivity contribution in [1.82, 2.24) is 5.32 Å². The molecule has 0 rings (SSSR count). The normalized spacial score (nSPS) is 9.86. The summed E-state index contributed by atoms with van der Waals surface area (Å²) in [5.41, 5.74) is 0. The van der Waals surface area contributed by atoms with Gasteiger partial charge in [-0.05, 0) is 24.2 Å². The second kappa shape index (κ2) is 11.4. The zero-order chi connectivity index (χ0) is 10.6. The third-order valence-electron chi connectivity index (χ3n) is 1.12. The average Bonchev–Trinajstić information content (AvgIpc) is 2.18. The molecule has 0 aromatic heterocycles. The third kappa shape index (κ3) is 10.4. The zero-order valence-corrected chi connectivity index (χ0v) is 10.5. The first-order valence-corrected chi connectivity index (χ1v) is 7.23. The van der Waals surface area contributed by atoms with E-state index >= 15 is 0 Å². The quantitative estimate of drug-likeness (QED) is 0.396. The monoisotopic (exact) mass is 257 g/mol. The molecule has 0 saturated heterocycles. The highest BCUT2D eigenvalue weighted by molar-refractivity contribution is 7.99. The molecule has 0 aromatic rings. The van der Waals surface area contributed by atoms with Crippen molar-refractivity contribution in [2.75, 3.05) is 23.1 Å². The number of hydrogen-bond acceptors (Lipinski definition) is 6. The Labute approximate surface area is 97.3 Å². The van der Waals surface area contributed by atoms with Crippen LogP contribution in [0.4, 0.5) is 4.79 Å². The van der Waals surface area contributed by atoms with Crippen molar-refractivity contribution in [3.8, 4) is 0 Å². The Morgan fingerprint density at radius 3 is 2.93 bits per heavy atom. The highest BCUT2D eigenvalue weighted by Gasteiger charge is 2.00. The molecular weight excluding hydrogens is 242 g/mol. The van der Waals surface area contributed by atoms with Crippen LogP contribution < -0.4 is 5.32 Å². The minimum atomic E-state index is -0.396. The minimum absolute atomic E-state index is 0.396. The van der Waals surface area contributed by atoms with Crippen LogP contribution in [0.3, 0.4) is 0 Å². The first kappa shape index (κ1) is 14.3. The van der Waals surface area contributed by atoms with E-state index < -0.39 is 6.09 Å². The van der Waals surface area contributed by atoms with Gasteiger partial charge in [0.2, 0.25) is 0 Å². The van der Waals surface area contributed by atoms with Crippen molar-refractivity contribution in [2.45, 2.75) is 13.3 Å². The van der Waals surface area contributed by atoms with E-state index in [1.807, 2.05) is 6.92 Å². The summed E-state index contributed by atoms with van der Waals surface area (Å²) < 4.78 is 13.2. The lowest BCUT2D eigenvalue weighted by molar-refractivity contribution is 0.210. The zero-order valence-electron chi connectivity index (χ0n) is 8.02. The number of nitrogens with one attached hydrogen (secondary N) is 1. The van der Waals surface area contributed by atoms with Crippen molar-refractivity contribution >= 4 is 41.9 Å². The number of rotatable bonds is 8. The van der Waals surface area contributed by atoms with E-state index in [9.17, 15) is 4.79 Å². The van der Waals surface area contributed by atoms with Crippen LogP contribution in [0.5, 0.6) is 0 Å². The molecule has 0 atom stereocenters. The first-order chi connectivity index (χ1) is 6.81. The van der Waals surface area contributed by atoms with E-state index in [1.165, 1.54) is 0 Å². The number of carbonyl (C=O) groups excluding carboxylic acids is 1. The van der Waals surface area contributed by atoms with E-state index in [-0.39, 0.29) is 0 Å². The standard InChI is InChI=1S/C7H15NO3S3/c1-2-12-6-8-7(9)11-14-5-3-4-13-10/h10H,2-6H2,1H3,(H,8,9). The number of carbonyl (C=O) groups is 1. The Kier molecular flexibility index (Phi) is 11.6. The lowest BCUT2D eigenvalue weighted by Crippen LogP contribution is -2.21. The van der Waals surface area contributed by atoms with E-state index in [0.29, 0.717) is 17.4 Å². The molecule has 1 amide bonds. The van der Waals surface area contributed by atoms with Crippen LogP contribution >= 0.6 is 35.8 Å². The van der Waals surface area contributed by atoms with Crippen molar-refractivity contribution in [3.05, 3.63) is 0 Å². The minimum Gasteiger partial charge on any atom is -0.375 e. The van der Waals surface area contributed by atoms with E-state index in [2.05, 4.69) is 5.32 Å². The predicted octanol–water partition coefficient (Wildman–Crippen LogP) is 2.67. The Balaban J connectivity index is 3.10. The van der Waals surface area contributed by atoms with Crippen LogP contribution in [0.15, 0.2) is 0 Å². The van der Waals surface area contributed by atoms with Gasteiger partial charge in [-0.25, -0.2) is 4.79 Å². The van der Waals surface area contributed by atoms with Gasteiger partial charge in [0.1, 0.15) is 0 Å². The van der Waals surface area contributed by atoms with Gasteiger partial charge in [-0.3, -0.25) is 0 Å². The summed E-state index contributed by atoms with van der Waals surface area (Å²) in [5, 5.41) is 2.60. The van der Waals surface area contributed by atoms with E-state index in [0.717, 1.165) is 36.3 Å². The van der Waals surface area contributed by atoms with Crippen LogP contribution in [-0.2, 0) is 4.18 Å². The lowest BCUT2D eigenvalue weighted by atomic mass is 10.6. The molecular formula is C7H15NO3S3. The van der Waals surface area contributed by atoms with Gasteiger partial charge in [0.05, 0.1) is 17.9 Å². The SMILES string of the molecule is CCSCNC(=O)OSCCCSO. The predicted molar refractivity (Wildman–Crippen MR) is 64.8 cm³/mol. The molecule has 0 bridgehead atoms. The Morgan fingerprint density at radius 1 is 1.50 bits per heavy atom. The van der Waals surface area contributed by atoms with Gasteiger partial charge >= 0.3 is 6.09 Å². The maximum absolute atomic E-state index is 10.9.